The number of allylic oxidation sites excluding steroid dienone is 2. The molecule has 35 heteroatoms. The molecule has 6 aliphatic heterocycles. The first-order valence-corrected chi connectivity index (χ1v) is 46.8. The minimum Gasteiger partial charge on any atom is -0.503 e. The molecular weight excluding hydrogens is 1830 g/mol. The number of aliphatic carboxylic acids is 1. The normalized spacial score (nSPS) is 21.0. The molecule has 0 radical (unpaired) electrons. The van der Waals surface area contributed by atoms with Crippen LogP contribution in [0.2, 0.25) is 0 Å². The average molecular weight is 1960 g/mol. The van der Waals surface area contributed by atoms with Crippen LogP contribution in [-0.2, 0) is 63.3 Å². The van der Waals surface area contributed by atoms with Crippen molar-refractivity contribution in [1.82, 2.24) is 50.0 Å². The van der Waals surface area contributed by atoms with Gasteiger partial charge in [0.15, 0.2) is 22.9 Å². The van der Waals surface area contributed by atoms with Gasteiger partial charge < -0.3 is 89.4 Å². The molecule has 8 heterocycles. The van der Waals surface area contributed by atoms with Crippen molar-refractivity contribution in [2.24, 2.45) is 47.3 Å². The molecule has 0 saturated carbocycles. The molecule has 29 nitrogen and oxygen atoms in total. The SMILES string of the molecule is C=C[C@@H](C)[C@@H](CO)NC(=O)OCc1ccccc1.C=C[C@@H](C)[C@H](NC(=O)OCc1ccccc1)C(=O)O.C[C@@H]1C=C[C@@H](C)N(C(=O)OCc2ccccc2)C[C@H]1C.C[C@@H]1C=C[C@H](C)[C@@H](C)CN1C(=O)OCc1ccccc1.C[C@@H]1CC[C@@H](C)N2C[C@@H]1n1cc(C(=O)NCc3c(F)cc(F)cc3F)c(=O)c(O)c1C2=O.C[C@@H]1CC[C@H](C)[C@@H]2CN1C(=O)c1c(O)c(=O)c(C(=O)NCc3c(F)cc(F)cc3F)cn12. The van der Waals surface area contributed by atoms with Crippen molar-refractivity contribution < 1.29 is 109 Å². The Morgan fingerprint density at radius 2 is 0.773 bits per heavy atom. The van der Waals surface area contributed by atoms with Gasteiger partial charge in [-0.05, 0) is 117 Å². The predicted molar refractivity (Wildman–Crippen MR) is 517 cm³/mol. The summed E-state index contributed by atoms with van der Waals surface area (Å²) in [6.07, 6.45) is 15.6. The van der Waals surface area contributed by atoms with Crippen molar-refractivity contribution >= 4 is 54.0 Å². The standard InChI is InChI=1S/2C22H22F3N3O4.2C17H23NO2.C14H17NO4.C14H19NO3/c2*1-10-3-4-11(2)27-9-17(10)28-8-14(19(29)20(30)18(28)22(27)32)21(31)26-7-13-15(24)5-12(23)6-16(13)25;2*1-13-9-10-15(3)18(11-14(13)2)17(19)20-12-16-7-5-4-6-8-16;1-3-10(2)12(13(16)17)15-14(18)19-9-11-7-5-4-6-8-11;1-3-11(2)13(9-16)15-14(17)18-10-12-7-5-4-6-8-12/h2*5-6,8,10-11,17,30H,3-4,7,9H2,1-2H3,(H,26,31);2*4-10,13-15H,11-12H2,1-3H3;3-8,10,12H,1,9H2,2H3,(H,15,18)(H,16,17);3-8,11,13,16H,1,9-10H2,2H3,(H,15,17)/t10-,11+,17-;10-,11-,17+;13-,14-,15+;13-,14-,15-;10-,12+;11-,13-/m010111/s1. The van der Waals surface area contributed by atoms with E-state index in [1.54, 1.807) is 22.8 Å². The van der Waals surface area contributed by atoms with Crippen molar-refractivity contribution in [3.05, 3.63) is 319 Å². The van der Waals surface area contributed by atoms with Gasteiger partial charge in [-0.1, -0.05) is 213 Å². The third-order valence-corrected chi connectivity index (χ3v) is 26.2. The van der Waals surface area contributed by atoms with E-state index < -0.39 is 140 Å². The third-order valence-electron chi connectivity index (χ3n) is 26.2. The van der Waals surface area contributed by atoms with Gasteiger partial charge in [-0.2, -0.15) is 0 Å². The molecule has 16 atom stereocenters. The van der Waals surface area contributed by atoms with Gasteiger partial charge in [0, 0.05) is 105 Å². The zero-order chi connectivity index (χ0) is 103. The number of carbonyl (C=O) groups is 9. The number of nitrogens with one attached hydrogen (secondary N) is 4. The van der Waals surface area contributed by atoms with Gasteiger partial charge >= 0.3 is 30.3 Å². The molecule has 756 valence electrons. The van der Waals surface area contributed by atoms with E-state index in [9.17, 15) is 89.3 Å². The second-order valence-electron chi connectivity index (χ2n) is 36.4. The fourth-order valence-corrected chi connectivity index (χ4v) is 16.4. The van der Waals surface area contributed by atoms with Crippen molar-refractivity contribution in [2.75, 3.05) is 32.8 Å². The van der Waals surface area contributed by atoms with E-state index in [1.165, 1.54) is 27.6 Å². The highest BCUT2D eigenvalue weighted by atomic mass is 19.2. The molecule has 4 bridgehead atoms. The second kappa shape index (κ2) is 52.1. The van der Waals surface area contributed by atoms with Gasteiger partial charge in [0.2, 0.25) is 10.9 Å². The predicted octanol–water partition coefficient (Wildman–Crippen LogP) is 17.4. The molecule has 6 aromatic carbocycles. The zero-order valence-corrected chi connectivity index (χ0v) is 81.1. The number of carboxylic acid groups (broad SMARTS) is 1. The number of hydrogen-bond donors (Lipinski definition) is 8. The van der Waals surface area contributed by atoms with E-state index in [0.717, 1.165) is 61.0 Å². The molecule has 141 heavy (non-hydrogen) atoms. The van der Waals surface area contributed by atoms with Crippen LogP contribution in [0.15, 0.2) is 217 Å². The molecule has 2 aromatic heterocycles. The summed E-state index contributed by atoms with van der Waals surface area (Å²) in [6.45, 7) is 33.0. The summed E-state index contributed by atoms with van der Waals surface area (Å²) in [4.78, 5) is 142. The largest absolute Gasteiger partial charge is 0.503 e. The Kier molecular flexibility index (Phi) is 40.8. The number of pyridine rings is 2. The average Bonchev–Trinajstić information content (AvgIpc) is 1.74. The fourth-order valence-electron chi connectivity index (χ4n) is 16.4. The van der Waals surface area contributed by atoms with Crippen LogP contribution >= 0.6 is 0 Å². The van der Waals surface area contributed by atoms with Crippen LogP contribution in [0.1, 0.15) is 196 Å². The van der Waals surface area contributed by atoms with Crippen LogP contribution in [0.5, 0.6) is 11.5 Å². The number of fused-ring (bicyclic) bond motifs is 8. The van der Waals surface area contributed by atoms with Crippen LogP contribution in [0.3, 0.4) is 0 Å². The van der Waals surface area contributed by atoms with Gasteiger partial charge in [-0.3, -0.25) is 28.8 Å². The zero-order valence-electron chi connectivity index (χ0n) is 81.1. The van der Waals surface area contributed by atoms with E-state index in [-0.39, 0.29) is 109 Å². The number of nitrogens with zero attached hydrogens (tertiary/aromatic N) is 6. The number of aromatic nitrogens is 2. The Bertz CT molecular complexity index is 5560. The number of aliphatic hydroxyl groups excluding tert-OH is 1. The highest BCUT2D eigenvalue weighted by molar-refractivity contribution is 6.00. The first-order chi connectivity index (χ1) is 67.1. The van der Waals surface area contributed by atoms with Crippen LogP contribution in [0.25, 0.3) is 0 Å². The van der Waals surface area contributed by atoms with E-state index in [4.69, 9.17) is 29.2 Å². The van der Waals surface area contributed by atoms with Gasteiger partial charge in [0.05, 0.1) is 36.8 Å². The number of carboxylic acids is 1. The smallest absolute Gasteiger partial charge is 0.410 e. The van der Waals surface area contributed by atoms with Gasteiger partial charge in [-0.15, -0.1) is 13.2 Å². The highest BCUT2D eigenvalue weighted by Gasteiger charge is 2.44. The number of hydrogen-bond acceptors (Lipinski definition) is 18. The first-order valence-electron chi connectivity index (χ1n) is 46.8. The van der Waals surface area contributed by atoms with E-state index in [0.29, 0.717) is 74.2 Å². The van der Waals surface area contributed by atoms with Crippen LogP contribution in [0.4, 0.5) is 45.5 Å². The van der Waals surface area contributed by atoms with Gasteiger partial charge in [-0.25, -0.2) is 50.3 Å². The van der Waals surface area contributed by atoms with Gasteiger partial charge in [0.1, 0.15) is 78.5 Å². The molecule has 0 spiro atoms. The van der Waals surface area contributed by atoms with Crippen molar-refractivity contribution in [3.63, 3.8) is 0 Å². The molecule has 8 N–H and O–H groups in total. The van der Waals surface area contributed by atoms with E-state index in [2.05, 4.69) is 86.4 Å². The fraction of sp³-hybridized carbons (Fsp3) is 0.406. The maximum atomic E-state index is 13.8. The first kappa shape index (κ1) is 110. The minimum atomic E-state index is -1.18. The summed E-state index contributed by atoms with van der Waals surface area (Å²) in [6, 6.07) is 38.2. The Labute approximate surface area is 815 Å². The summed E-state index contributed by atoms with van der Waals surface area (Å²) in [7, 11) is 0. The van der Waals surface area contributed by atoms with Crippen LogP contribution in [0, 0.1) is 82.2 Å². The molecule has 2 saturated heterocycles. The van der Waals surface area contributed by atoms with E-state index >= 15 is 0 Å². The number of ether oxygens (including phenoxy) is 4. The van der Waals surface area contributed by atoms with Crippen LogP contribution in [-0.4, -0.2) is 172 Å². The second-order valence-corrected chi connectivity index (χ2v) is 36.4. The topological polar surface area (TPSA) is 377 Å². The number of rotatable bonds is 22. The quantitative estimate of drug-likeness (QED) is 0.0177. The summed E-state index contributed by atoms with van der Waals surface area (Å²) >= 11 is 0. The van der Waals surface area contributed by atoms with Crippen molar-refractivity contribution in [1.29, 1.82) is 0 Å². The summed E-state index contributed by atoms with van der Waals surface area (Å²) in [5.74, 6) is -11.0. The minimum absolute atomic E-state index is 0.0146. The maximum Gasteiger partial charge on any atom is 0.410 e. The Morgan fingerprint density at radius 1 is 0.447 bits per heavy atom. The summed E-state index contributed by atoms with van der Waals surface area (Å²) in [5, 5.41) is 48.6. The molecular formula is C106H126F6N10O19. The van der Waals surface area contributed by atoms with E-state index in [1.807, 2.05) is 180 Å². The number of amides is 8. The molecule has 0 aliphatic carbocycles. The number of benzene rings is 6. The Morgan fingerprint density at radius 3 is 1.09 bits per heavy atom. The lowest BCUT2D eigenvalue weighted by atomic mass is 9.95. The molecule has 0 unspecified atom stereocenters. The van der Waals surface area contributed by atoms with Crippen LogP contribution < -0.4 is 32.1 Å². The summed E-state index contributed by atoms with van der Waals surface area (Å²) in [5.41, 5.74) is -0.715. The molecule has 6 aliphatic rings. The molecule has 2 fully saturated rings. The number of aliphatic hydroxyl groups is 1. The lowest BCUT2D eigenvalue weighted by molar-refractivity contribution is -0.140. The lowest BCUT2D eigenvalue weighted by Crippen LogP contribution is -2.48. The third kappa shape index (κ3) is 29.9. The van der Waals surface area contributed by atoms with Crippen molar-refractivity contribution in [3.8, 4) is 11.5 Å². The monoisotopic (exact) mass is 1960 g/mol. The van der Waals surface area contributed by atoms with Gasteiger partial charge in [0.25, 0.3) is 23.6 Å². The lowest BCUT2D eigenvalue weighted by Gasteiger charge is -2.38. The Balaban J connectivity index is 0.000000192. The highest BCUT2D eigenvalue weighted by Crippen LogP contribution is 2.40. The molecule has 14 rings (SSSR count). The summed E-state index contributed by atoms with van der Waals surface area (Å²) < 4.78 is 105. The number of aromatic hydroxyl groups is 2. The number of halogens is 6. The van der Waals surface area contributed by atoms with Crippen molar-refractivity contribution in [2.45, 2.75) is 197 Å². The number of carbonyl (C=O) groups excluding carboxylic acids is 8. The Hall–Kier alpha value is -14.3. The molecule has 8 amide bonds. The number of alkyl carbamates (subject to hydrolysis) is 2. The maximum absolute atomic E-state index is 13.8. The molecule has 8 aromatic rings.